The van der Waals surface area contributed by atoms with Crippen LogP contribution in [0.15, 0.2) is 12.1 Å². The number of hydrogen-bond donors (Lipinski definition) is 1. The maximum absolute atomic E-state index is 11.0. The molecule has 0 aliphatic heterocycles. The first kappa shape index (κ1) is 16.6. The van der Waals surface area contributed by atoms with Crippen LogP contribution < -0.4 is 15.2 Å². The lowest BCUT2D eigenvalue weighted by Crippen LogP contribution is -2.05. The van der Waals surface area contributed by atoms with E-state index in [1.807, 2.05) is 11.8 Å². The second kappa shape index (κ2) is 8.65. The summed E-state index contributed by atoms with van der Waals surface area (Å²) in [5.74, 6) is 2.93. The normalized spacial score (nSPS) is 10.3. The van der Waals surface area contributed by atoms with Crippen LogP contribution in [0, 0.1) is 10.1 Å². The summed E-state index contributed by atoms with van der Waals surface area (Å²) in [5.41, 5.74) is 5.91. The average Bonchev–Trinajstić information content (AvgIpc) is 2.46. The van der Waals surface area contributed by atoms with E-state index in [0.29, 0.717) is 23.7 Å². The minimum atomic E-state index is -0.457. The van der Waals surface area contributed by atoms with Crippen molar-refractivity contribution in [3.8, 4) is 11.5 Å². The fourth-order valence-electron chi connectivity index (χ4n) is 1.68. The van der Waals surface area contributed by atoms with Crippen LogP contribution in [-0.2, 0) is 6.54 Å². The van der Waals surface area contributed by atoms with Crippen LogP contribution in [0.3, 0.4) is 0 Å². The minimum Gasteiger partial charge on any atom is -0.493 e. The third kappa shape index (κ3) is 4.57. The molecule has 0 saturated carbocycles. The quantitative estimate of drug-likeness (QED) is 0.428. The molecular formula is C13H20N2O4S. The summed E-state index contributed by atoms with van der Waals surface area (Å²) in [6.45, 7) is 2.69. The maximum atomic E-state index is 11.0. The molecule has 1 rings (SSSR count). The average molecular weight is 300 g/mol. The number of hydrogen-bond acceptors (Lipinski definition) is 6. The molecule has 0 amide bonds. The van der Waals surface area contributed by atoms with E-state index in [2.05, 4.69) is 6.92 Å². The molecule has 112 valence electrons. The Kier molecular flexibility index (Phi) is 7.17. The number of benzene rings is 1. The van der Waals surface area contributed by atoms with Crippen LogP contribution >= 0.6 is 11.8 Å². The van der Waals surface area contributed by atoms with Gasteiger partial charge in [-0.3, -0.25) is 10.1 Å². The molecule has 0 unspecified atom stereocenters. The van der Waals surface area contributed by atoms with E-state index in [1.165, 1.54) is 13.2 Å². The Bertz CT molecular complexity index is 454. The standard InChI is InChI=1S/C13H20N2O4S/c1-3-20-6-4-5-19-13-8-11(15(16)17)10(9-14)7-12(13)18-2/h7-8H,3-6,9,14H2,1-2H3. The highest BCUT2D eigenvalue weighted by Gasteiger charge is 2.18. The predicted molar refractivity (Wildman–Crippen MR) is 80.7 cm³/mol. The molecule has 0 spiro atoms. The Morgan fingerprint density at radius 1 is 1.40 bits per heavy atom. The molecule has 0 heterocycles. The van der Waals surface area contributed by atoms with E-state index in [0.717, 1.165) is 17.9 Å². The highest BCUT2D eigenvalue weighted by Crippen LogP contribution is 2.34. The van der Waals surface area contributed by atoms with Crippen molar-refractivity contribution in [2.45, 2.75) is 19.9 Å². The molecule has 0 saturated heterocycles. The van der Waals surface area contributed by atoms with Gasteiger partial charge in [-0.2, -0.15) is 11.8 Å². The molecule has 1 aromatic carbocycles. The van der Waals surface area contributed by atoms with Gasteiger partial charge in [0, 0.05) is 12.1 Å². The smallest absolute Gasteiger partial charge is 0.277 e. The Morgan fingerprint density at radius 2 is 2.15 bits per heavy atom. The van der Waals surface area contributed by atoms with E-state index < -0.39 is 4.92 Å². The van der Waals surface area contributed by atoms with Gasteiger partial charge >= 0.3 is 0 Å². The number of nitrogens with two attached hydrogens (primary N) is 1. The molecule has 1 aromatic rings. The van der Waals surface area contributed by atoms with Gasteiger partial charge in [-0.15, -0.1) is 0 Å². The van der Waals surface area contributed by atoms with Gasteiger partial charge in [0.15, 0.2) is 11.5 Å². The van der Waals surface area contributed by atoms with Crippen LogP contribution in [0.2, 0.25) is 0 Å². The molecule has 20 heavy (non-hydrogen) atoms. The highest BCUT2D eigenvalue weighted by atomic mass is 32.2. The van der Waals surface area contributed by atoms with Crippen LogP contribution in [0.5, 0.6) is 11.5 Å². The summed E-state index contributed by atoms with van der Waals surface area (Å²) < 4.78 is 10.8. The number of nitrogens with zero attached hydrogens (tertiary/aromatic N) is 1. The van der Waals surface area contributed by atoms with E-state index >= 15 is 0 Å². The second-order valence-corrected chi connectivity index (χ2v) is 5.39. The summed E-state index contributed by atoms with van der Waals surface area (Å²) in [5, 5.41) is 11.0. The van der Waals surface area contributed by atoms with Gasteiger partial charge in [-0.05, 0) is 24.0 Å². The zero-order valence-corrected chi connectivity index (χ0v) is 12.6. The summed E-state index contributed by atoms with van der Waals surface area (Å²) in [7, 11) is 1.50. The number of methoxy groups -OCH3 is 1. The van der Waals surface area contributed by atoms with Crippen molar-refractivity contribution < 1.29 is 14.4 Å². The van der Waals surface area contributed by atoms with E-state index in [4.69, 9.17) is 15.2 Å². The maximum Gasteiger partial charge on any atom is 0.277 e. The van der Waals surface area contributed by atoms with Crippen LogP contribution in [0.1, 0.15) is 18.9 Å². The number of nitro groups is 1. The fourth-order valence-corrected chi connectivity index (χ4v) is 2.30. The lowest BCUT2D eigenvalue weighted by Gasteiger charge is -2.12. The zero-order chi connectivity index (χ0) is 15.0. The van der Waals surface area contributed by atoms with Gasteiger partial charge in [-0.1, -0.05) is 6.92 Å². The van der Waals surface area contributed by atoms with Gasteiger partial charge in [-0.25, -0.2) is 0 Å². The Hall–Kier alpha value is -1.47. The van der Waals surface area contributed by atoms with Gasteiger partial charge < -0.3 is 15.2 Å². The third-order valence-electron chi connectivity index (χ3n) is 2.68. The second-order valence-electron chi connectivity index (χ2n) is 3.99. The molecule has 0 atom stereocenters. The molecule has 0 aliphatic carbocycles. The zero-order valence-electron chi connectivity index (χ0n) is 11.8. The Balaban J connectivity index is 2.82. The van der Waals surface area contributed by atoms with Gasteiger partial charge in [0.25, 0.3) is 5.69 Å². The summed E-state index contributed by atoms with van der Waals surface area (Å²) in [6, 6.07) is 2.95. The number of ether oxygens (including phenoxy) is 2. The number of nitro benzene ring substituents is 1. The first-order valence-electron chi connectivity index (χ1n) is 6.39. The fraction of sp³-hybridized carbons (Fsp3) is 0.538. The highest BCUT2D eigenvalue weighted by molar-refractivity contribution is 7.99. The number of rotatable bonds is 9. The molecule has 0 radical (unpaired) electrons. The van der Waals surface area contributed by atoms with Crippen molar-refractivity contribution in [2.24, 2.45) is 5.73 Å². The molecule has 7 heteroatoms. The minimum absolute atomic E-state index is 0.0359. The van der Waals surface area contributed by atoms with Crippen molar-refractivity contribution in [3.05, 3.63) is 27.8 Å². The van der Waals surface area contributed by atoms with Gasteiger partial charge in [0.1, 0.15) is 0 Å². The Morgan fingerprint density at radius 3 is 2.70 bits per heavy atom. The first-order valence-corrected chi connectivity index (χ1v) is 7.55. The molecule has 6 nitrogen and oxygen atoms in total. The lowest BCUT2D eigenvalue weighted by molar-refractivity contribution is -0.385. The van der Waals surface area contributed by atoms with Crippen molar-refractivity contribution in [1.29, 1.82) is 0 Å². The lowest BCUT2D eigenvalue weighted by atomic mass is 10.1. The van der Waals surface area contributed by atoms with Crippen LogP contribution in [0.4, 0.5) is 5.69 Å². The summed E-state index contributed by atoms with van der Waals surface area (Å²) in [4.78, 5) is 10.5. The molecular weight excluding hydrogens is 280 g/mol. The van der Waals surface area contributed by atoms with E-state index in [1.54, 1.807) is 6.07 Å². The Labute approximate surface area is 122 Å². The van der Waals surface area contributed by atoms with Crippen LogP contribution in [-0.4, -0.2) is 30.1 Å². The molecule has 0 bridgehead atoms. The van der Waals surface area contributed by atoms with E-state index in [-0.39, 0.29) is 12.2 Å². The van der Waals surface area contributed by atoms with Crippen molar-refractivity contribution >= 4 is 17.4 Å². The van der Waals surface area contributed by atoms with Crippen molar-refractivity contribution in [1.82, 2.24) is 0 Å². The largest absolute Gasteiger partial charge is 0.493 e. The predicted octanol–water partition coefficient (Wildman–Crippen LogP) is 2.58. The first-order chi connectivity index (χ1) is 9.63. The summed E-state index contributed by atoms with van der Waals surface area (Å²) in [6.07, 6.45) is 0.883. The third-order valence-corrected chi connectivity index (χ3v) is 3.66. The molecule has 0 aliphatic rings. The summed E-state index contributed by atoms with van der Waals surface area (Å²) >= 11 is 1.83. The molecule has 0 fully saturated rings. The van der Waals surface area contributed by atoms with Crippen molar-refractivity contribution in [2.75, 3.05) is 25.2 Å². The topological polar surface area (TPSA) is 87.6 Å². The molecule has 2 N–H and O–H groups in total. The number of thioether (sulfide) groups is 1. The van der Waals surface area contributed by atoms with Crippen LogP contribution in [0.25, 0.3) is 0 Å². The van der Waals surface area contributed by atoms with Gasteiger partial charge in [0.05, 0.1) is 24.7 Å². The van der Waals surface area contributed by atoms with Gasteiger partial charge in [0.2, 0.25) is 0 Å². The SMILES string of the molecule is CCSCCCOc1cc([N+](=O)[O-])c(CN)cc1OC. The molecule has 0 aromatic heterocycles. The van der Waals surface area contributed by atoms with E-state index in [9.17, 15) is 10.1 Å². The van der Waals surface area contributed by atoms with Crippen molar-refractivity contribution in [3.63, 3.8) is 0 Å². The monoisotopic (exact) mass is 300 g/mol.